The molecule has 0 spiro atoms. The molecule has 30 unspecified atom stereocenters. The number of nitrogens with one attached hydrogen (secondary N) is 4. The molecule has 6 aliphatic heterocycles. The highest BCUT2D eigenvalue weighted by Crippen LogP contribution is 2.37. The van der Waals surface area contributed by atoms with Gasteiger partial charge in [-0.3, -0.25) is 28.8 Å². The lowest BCUT2D eigenvalue weighted by Gasteiger charge is -2.51. The van der Waals surface area contributed by atoms with Crippen molar-refractivity contribution in [1.29, 1.82) is 0 Å². The summed E-state index contributed by atoms with van der Waals surface area (Å²) in [6, 6.07) is -8.42. The molecule has 0 saturated carbocycles. The molecule has 6 aliphatic rings. The number of hydrogen-bond donors (Lipinski definition) is 17. The molecular formula is C49H81N5O31. The molecule has 6 heterocycles. The third kappa shape index (κ3) is 16.4. The lowest BCUT2D eigenvalue weighted by molar-refractivity contribution is -0.369. The summed E-state index contributed by atoms with van der Waals surface area (Å²) in [6.45, 7) is 3.27. The summed E-state index contributed by atoms with van der Waals surface area (Å²) in [5.41, 5.74) is 0. The van der Waals surface area contributed by atoms with Gasteiger partial charge in [0.25, 0.3) is 0 Å². The normalized spacial score (nSPS) is 44.1. The van der Waals surface area contributed by atoms with E-state index in [1.807, 2.05) is 0 Å². The number of esters is 1. The molecule has 6 fully saturated rings. The monoisotopic (exact) mass is 1240 g/mol. The largest absolute Gasteiger partial charge is 0.463 e. The molecule has 0 radical (unpaired) electrons. The first-order chi connectivity index (χ1) is 39.9. The van der Waals surface area contributed by atoms with Crippen LogP contribution in [-0.4, -0.2) is 331 Å². The molecule has 0 aromatic heterocycles. The number of amides is 5. The SMILES string of the molecule is CC(=O)NC1C(O)OC(COC2OC(C)C(O)C(O)C2O)C(OC2OC(CO)C(OC3OC(CO)C(OC4OC(CO)C(OC5OC(COC(C)=O)C(O)C(O)C5N(C)C(C)=O)C(O)C4NC(C)=O)C(O)C3NC(C)=O)C(O)C2NC(C)=O)C1O. The van der Waals surface area contributed by atoms with Crippen LogP contribution in [0.2, 0.25) is 0 Å². The molecule has 36 nitrogen and oxygen atoms in total. The van der Waals surface area contributed by atoms with Crippen molar-refractivity contribution in [2.24, 2.45) is 0 Å². The zero-order chi connectivity index (χ0) is 63.2. The molecule has 6 saturated heterocycles. The summed E-state index contributed by atoms with van der Waals surface area (Å²) >= 11 is 0. The standard InChI is InChI=1S/C49H81N5O31/c1-14-31(64)38(71)39(72)49(76-14)75-13-25-43(33(66)26(44(73)77-25)50-15(2)58)84-47-28(52-17(4)60)35(68)41(22(10-56)79-47)82-45-27(51-16(3)59)34(67)40(21(9-55)78-45)83-46-29(53-18(5)61)36(69)42(23(11-57)80-46)85-48-30(54(8)19(6)62)37(70)32(65)24(81-48)12-74-20(7)63/h14,21-49,55-57,64-73H,9-13H2,1-8H3,(H,50,58)(H,51,59)(H,52,60)(H,53,61). The highest BCUT2D eigenvalue weighted by Gasteiger charge is 2.58. The van der Waals surface area contributed by atoms with Crippen LogP contribution in [0.4, 0.5) is 0 Å². The smallest absolute Gasteiger partial charge is 0.302 e. The fraction of sp³-hybridized carbons (Fsp3) is 0.878. The van der Waals surface area contributed by atoms with Crippen LogP contribution in [0, 0.1) is 0 Å². The van der Waals surface area contributed by atoms with Gasteiger partial charge in [-0.25, -0.2) is 0 Å². The van der Waals surface area contributed by atoms with Gasteiger partial charge < -0.3 is 149 Å². The van der Waals surface area contributed by atoms with Crippen molar-refractivity contribution >= 4 is 35.5 Å². The van der Waals surface area contributed by atoms with Gasteiger partial charge in [0.1, 0.15) is 147 Å². The predicted octanol–water partition coefficient (Wildman–Crippen LogP) is -11.4. The number of carbonyl (C=O) groups excluding carboxylic acids is 6. The van der Waals surface area contributed by atoms with Crippen molar-refractivity contribution in [2.45, 2.75) is 232 Å². The van der Waals surface area contributed by atoms with Crippen molar-refractivity contribution in [3.63, 3.8) is 0 Å². The van der Waals surface area contributed by atoms with Gasteiger partial charge in [-0.15, -0.1) is 0 Å². The van der Waals surface area contributed by atoms with E-state index in [1.165, 1.54) is 14.0 Å². The van der Waals surface area contributed by atoms with Crippen molar-refractivity contribution < 1.29 is 152 Å². The summed E-state index contributed by atoms with van der Waals surface area (Å²) in [7, 11) is 1.24. The van der Waals surface area contributed by atoms with E-state index >= 15 is 0 Å². The fourth-order valence-electron chi connectivity index (χ4n) is 10.8. The van der Waals surface area contributed by atoms with E-state index in [0.717, 1.165) is 46.4 Å². The van der Waals surface area contributed by atoms with Crippen LogP contribution in [0.15, 0.2) is 0 Å². The Morgan fingerprint density at radius 2 is 0.788 bits per heavy atom. The quantitative estimate of drug-likeness (QED) is 0.0475. The van der Waals surface area contributed by atoms with Crippen LogP contribution in [-0.2, 0) is 85.6 Å². The van der Waals surface area contributed by atoms with Gasteiger partial charge in [0, 0.05) is 48.6 Å². The number of aliphatic hydroxyl groups excluding tert-OH is 13. The van der Waals surface area contributed by atoms with E-state index in [2.05, 4.69) is 21.3 Å². The van der Waals surface area contributed by atoms with Crippen LogP contribution >= 0.6 is 0 Å². The Bertz CT molecular complexity index is 2250. The average Bonchev–Trinajstić information content (AvgIpc) is 1.60. The lowest BCUT2D eigenvalue weighted by atomic mass is 9.92. The van der Waals surface area contributed by atoms with Gasteiger partial charge in [-0.1, -0.05) is 0 Å². The number of rotatable bonds is 21. The molecule has 85 heavy (non-hydrogen) atoms. The lowest BCUT2D eigenvalue weighted by Crippen LogP contribution is -2.72. The molecule has 17 N–H and O–H groups in total. The Morgan fingerprint density at radius 1 is 0.412 bits per heavy atom. The second-order valence-corrected chi connectivity index (χ2v) is 21.5. The van der Waals surface area contributed by atoms with Crippen LogP contribution in [0.25, 0.3) is 0 Å². The summed E-state index contributed by atoms with van der Waals surface area (Å²) < 4.78 is 70.6. The van der Waals surface area contributed by atoms with Crippen molar-refractivity contribution in [3.8, 4) is 0 Å². The van der Waals surface area contributed by atoms with Crippen molar-refractivity contribution in [3.05, 3.63) is 0 Å². The highest BCUT2D eigenvalue weighted by atomic mass is 16.8. The number of nitrogens with zero attached hydrogens (tertiary/aromatic N) is 1. The van der Waals surface area contributed by atoms with Gasteiger partial charge in [0.2, 0.25) is 29.5 Å². The minimum Gasteiger partial charge on any atom is -0.463 e. The van der Waals surface area contributed by atoms with Crippen LogP contribution in [0.1, 0.15) is 48.5 Å². The van der Waals surface area contributed by atoms with Gasteiger partial charge in [0.15, 0.2) is 37.7 Å². The van der Waals surface area contributed by atoms with Gasteiger partial charge in [0.05, 0.1) is 32.5 Å². The van der Waals surface area contributed by atoms with Crippen LogP contribution in [0.3, 0.4) is 0 Å². The van der Waals surface area contributed by atoms with Crippen LogP contribution < -0.4 is 21.3 Å². The highest BCUT2D eigenvalue weighted by molar-refractivity contribution is 5.75. The van der Waals surface area contributed by atoms with Crippen LogP contribution in [0.5, 0.6) is 0 Å². The molecular weight excluding hydrogens is 1150 g/mol. The van der Waals surface area contributed by atoms with E-state index in [1.54, 1.807) is 0 Å². The van der Waals surface area contributed by atoms with E-state index in [-0.39, 0.29) is 0 Å². The third-order valence-electron chi connectivity index (χ3n) is 15.2. The fourth-order valence-corrected chi connectivity index (χ4v) is 10.8. The maximum atomic E-state index is 12.9. The summed E-state index contributed by atoms with van der Waals surface area (Å²) in [5, 5.41) is 154. The molecule has 5 amide bonds. The zero-order valence-corrected chi connectivity index (χ0v) is 47.5. The van der Waals surface area contributed by atoms with E-state index in [4.69, 9.17) is 56.8 Å². The zero-order valence-electron chi connectivity index (χ0n) is 47.5. The minimum atomic E-state index is -2.06. The first kappa shape index (κ1) is 70.0. The van der Waals surface area contributed by atoms with Gasteiger partial charge >= 0.3 is 5.97 Å². The molecule has 6 rings (SSSR count). The Labute approximate surface area is 485 Å². The maximum Gasteiger partial charge on any atom is 0.302 e. The Kier molecular flexibility index (Phi) is 25.0. The molecule has 36 heteroatoms. The Hall–Kier alpha value is -4.14. The van der Waals surface area contributed by atoms with Crippen molar-refractivity contribution in [2.75, 3.05) is 40.1 Å². The van der Waals surface area contributed by atoms with Crippen molar-refractivity contribution in [1.82, 2.24) is 26.2 Å². The predicted molar refractivity (Wildman–Crippen MR) is 270 cm³/mol. The third-order valence-corrected chi connectivity index (χ3v) is 15.2. The van der Waals surface area contributed by atoms with E-state index in [0.29, 0.717) is 0 Å². The van der Waals surface area contributed by atoms with Gasteiger partial charge in [-0.05, 0) is 6.92 Å². The Morgan fingerprint density at radius 3 is 1.18 bits per heavy atom. The number of hydrogen-bond acceptors (Lipinski definition) is 31. The van der Waals surface area contributed by atoms with Gasteiger partial charge in [-0.2, -0.15) is 0 Å². The molecule has 0 aromatic rings. The number of aliphatic hydroxyl groups is 13. The number of carbonyl (C=O) groups is 6. The molecule has 488 valence electrons. The maximum absolute atomic E-state index is 12.9. The molecule has 0 bridgehead atoms. The minimum absolute atomic E-state index is 0.613. The average molecular weight is 1240 g/mol. The summed E-state index contributed by atoms with van der Waals surface area (Å²) in [5.74, 6) is -4.69. The summed E-state index contributed by atoms with van der Waals surface area (Å²) in [6.07, 6.45) is -44.4. The molecule has 0 aliphatic carbocycles. The molecule has 30 atom stereocenters. The van der Waals surface area contributed by atoms with E-state index < -0.39 is 252 Å². The first-order valence-corrected chi connectivity index (χ1v) is 27.2. The Balaban J connectivity index is 1.24. The second-order valence-electron chi connectivity index (χ2n) is 21.5. The number of ether oxygens (including phenoxy) is 12. The molecule has 0 aromatic carbocycles. The second kappa shape index (κ2) is 30.4. The topological polar surface area (TPSA) is 528 Å². The first-order valence-electron chi connectivity index (χ1n) is 27.2. The van der Waals surface area contributed by atoms with E-state index in [9.17, 15) is 95.2 Å². The summed E-state index contributed by atoms with van der Waals surface area (Å²) in [4.78, 5) is 75.9. The number of likely N-dealkylation sites (N-methyl/N-ethyl adjacent to an activating group) is 1.